The summed E-state index contributed by atoms with van der Waals surface area (Å²) in [4.78, 5) is 16.4. The number of benzene rings is 1. The van der Waals surface area contributed by atoms with E-state index in [0.717, 1.165) is 31.7 Å². The maximum absolute atomic E-state index is 12.8. The Morgan fingerprint density at radius 1 is 1.16 bits per heavy atom. The van der Waals surface area contributed by atoms with Gasteiger partial charge in [-0.1, -0.05) is 12.1 Å². The first-order valence-corrected chi connectivity index (χ1v) is 6.82. The normalized spacial score (nSPS) is 16.9. The molecule has 1 aliphatic heterocycles. The molecule has 0 spiro atoms. The van der Waals surface area contributed by atoms with Gasteiger partial charge in [-0.15, -0.1) is 0 Å². The number of rotatable bonds is 3. The summed E-state index contributed by atoms with van der Waals surface area (Å²) in [6, 6.07) is 6.70. The van der Waals surface area contributed by atoms with E-state index in [1.807, 2.05) is 4.90 Å². The molecule has 1 fully saturated rings. The van der Waals surface area contributed by atoms with E-state index in [-0.39, 0.29) is 11.7 Å². The van der Waals surface area contributed by atoms with Crippen LogP contribution < -0.4 is 0 Å². The molecule has 19 heavy (non-hydrogen) atoms. The Morgan fingerprint density at radius 3 is 2.26 bits per heavy atom. The van der Waals surface area contributed by atoms with Gasteiger partial charge in [0, 0.05) is 32.2 Å². The van der Waals surface area contributed by atoms with Crippen LogP contribution in [0.25, 0.3) is 0 Å². The van der Waals surface area contributed by atoms with Crippen molar-refractivity contribution >= 4 is 5.91 Å². The van der Waals surface area contributed by atoms with E-state index >= 15 is 0 Å². The molecule has 1 saturated heterocycles. The topological polar surface area (TPSA) is 23.6 Å². The molecule has 1 aromatic carbocycles. The largest absolute Gasteiger partial charge is 0.340 e. The molecule has 0 unspecified atom stereocenters. The van der Waals surface area contributed by atoms with Gasteiger partial charge in [0.1, 0.15) is 5.82 Å². The van der Waals surface area contributed by atoms with Gasteiger partial charge in [0.2, 0.25) is 5.91 Å². The van der Waals surface area contributed by atoms with Crippen LogP contribution in [0.5, 0.6) is 0 Å². The zero-order chi connectivity index (χ0) is 13.8. The van der Waals surface area contributed by atoms with Crippen LogP contribution in [0.3, 0.4) is 0 Å². The maximum Gasteiger partial charge on any atom is 0.227 e. The van der Waals surface area contributed by atoms with Crippen molar-refractivity contribution in [2.75, 3.05) is 26.2 Å². The van der Waals surface area contributed by atoms with Crippen molar-refractivity contribution < 1.29 is 9.18 Å². The summed E-state index contributed by atoms with van der Waals surface area (Å²) in [6.07, 6.45) is 0.363. The molecular formula is C15H21FN2O. The highest BCUT2D eigenvalue weighted by Gasteiger charge is 2.22. The predicted molar refractivity (Wildman–Crippen MR) is 73.4 cm³/mol. The van der Waals surface area contributed by atoms with E-state index in [1.54, 1.807) is 12.1 Å². The van der Waals surface area contributed by atoms with Gasteiger partial charge < -0.3 is 4.90 Å². The molecule has 1 amide bonds. The summed E-state index contributed by atoms with van der Waals surface area (Å²) in [6.45, 7) is 7.81. The first-order chi connectivity index (χ1) is 9.06. The molecule has 4 heteroatoms. The SMILES string of the molecule is CC(C)N1CCN(C(=O)Cc2ccc(F)cc2)CC1. The van der Waals surface area contributed by atoms with Gasteiger partial charge in [-0.05, 0) is 31.5 Å². The Balaban J connectivity index is 1.86. The highest BCUT2D eigenvalue weighted by Crippen LogP contribution is 2.09. The van der Waals surface area contributed by atoms with Crippen molar-refractivity contribution in [2.24, 2.45) is 0 Å². The van der Waals surface area contributed by atoms with Crippen LogP contribution in [0.4, 0.5) is 4.39 Å². The van der Waals surface area contributed by atoms with Gasteiger partial charge in [-0.3, -0.25) is 9.69 Å². The summed E-state index contributed by atoms with van der Waals surface area (Å²) in [7, 11) is 0. The Bertz CT molecular complexity index is 422. The number of carbonyl (C=O) groups is 1. The van der Waals surface area contributed by atoms with Crippen LogP contribution in [0, 0.1) is 5.82 Å². The van der Waals surface area contributed by atoms with Gasteiger partial charge >= 0.3 is 0 Å². The number of hydrogen-bond acceptors (Lipinski definition) is 2. The molecule has 1 heterocycles. The van der Waals surface area contributed by atoms with E-state index in [4.69, 9.17) is 0 Å². The molecule has 3 nitrogen and oxygen atoms in total. The molecule has 0 N–H and O–H groups in total. The lowest BCUT2D eigenvalue weighted by Crippen LogP contribution is -2.51. The molecule has 1 aromatic rings. The molecule has 1 aliphatic rings. The van der Waals surface area contributed by atoms with Crippen LogP contribution in [0.2, 0.25) is 0 Å². The van der Waals surface area contributed by atoms with E-state index in [0.29, 0.717) is 12.5 Å². The summed E-state index contributed by atoms with van der Waals surface area (Å²) in [5.41, 5.74) is 0.873. The van der Waals surface area contributed by atoms with Crippen molar-refractivity contribution in [3.8, 4) is 0 Å². The van der Waals surface area contributed by atoms with Gasteiger partial charge in [0.05, 0.1) is 6.42 Å². The number of amides is 1. The van der Waals surface area contributed by atoms with E-state index in [9.17, 15) is 9.18 Å². The fraction of sp³-hybridized carbons (Fsp3) is 0.533. The Kier molecular flexibility index (Phi) is 4.53. The third-order valence-electron chi connectivity index (χ3n) is 3.67. The minimum atomic E-state index is -0.262. The second-order valence-corrected chi connectivity index (χ2v) is 5.31. The van der Waals surface area contributed by atoms with E-state index in [2.05, 4.69) is 18.7 Å². The average molecular weight is 264 g/mol. The van der Waals surface area contributed by atoms with Crippen molar-refractivity contribution in [2.45, 2.75) is 26.3 Å². The Morgan fingerprint density at radius 2 is 1.74 bits per heavy atom. The maximum atomic E-state index is 12.8. The number of piperazine rings is 1. The molecule has 0 aromatic heterocycles. The lowest BCUT2D eigenvalue weighted by Gasteiger charge is -2.37. The van der Waals surface area contributed by atoms with E-state index < -0.39 is 0 Å². The third-order valence-corrected chi connectivity index (χ3v) is 3.67. The second kappa shape index (κ2) is 6.15. The lowest BCUT2D eigenvalue weighted by atomic mass is 10.1. The summed E-state index contributed by atoms with van der Waals surface area (Å²) >= 11 is 0. The van der Waals surface area contributed by atoms with Gasteiger partial charge in [-0.25, -0.2) is 4.39 Å². The van der Waals surface area contributed by atoms with Crippen molar-refractivity contribution in [1.29, 1.82) is 0 Å². The molecule has 104 valence electrons. The van der Waals surface area contributed by atoms with E-state index in [1.165, 1.54) is 12.1 Å². The lowest BCUT2D eigenvalue weighted by molar-refractivity contribution is -0.132. The van der Waals surface area contributed by atoms with Gasteiger partial charge in [-0.2, -0.15) is 0 Å². The molecule has 0 aliphatic carbocycles. The van der Waals surface area contributed by atoms with Crippen LogP contribution in [-0.4, -0.2) is 47.9 Å². The van der Waals surface area contributed by atoms with Crippen molar-refractivity contribution in [3.63, 3.8) is 0 Å². The fourth-order valence-corrected chi connectivity index (χ4v) is 2.38. The number of halogens is 1. The number of nitrogens with zero attached hydrogens (tertiary/aromatic N) is 2. The summed E-state index contributed by atoms with van der Waals surface area (Å²) in [5, 5.41) is 0. The minimum absolute atomic E-state index is 0.134. The predicted octanol–water partition coefficient (Wildman–Crippen LogP) is 1.92. The first kappa shape index (κ1) is 14.0. The van der Waals surface area contributed by atoms with Gasteiger partial charge in [0.15, 0.2) is 0 Å². The second-order valence-electron chi connectivity index (χ2n) is 5.31. The molecular weight excluding hydrogens is 243 g/mol. The Labute approximate surface area is 114 Å². The van der Waals surface area contributed by atoms with Crippen LogP contribution in [0.1, 0.15) is 19.4 Å². The highest BCUT2D eigenvalue weighted by molar-refractivity contribution is 5.78. The fourth-order valence-electron chi connectivity index (χ4n) is 2.38. The molecule has 2 rings (SSSR count). The molecule has 0 atom stereocenters. The average Bonchev–Trinajstić information content (AvgIpc) is 2.41. The molecule has 0 saturated carbocycles. The first-order valence-electron chi connectivity index (χ1n) is 6.82. The third kappa shape index (κ3) is 3.77. The number of carbonyl (C=O) groups excluding carboxylic acids is 1. The molecule has 0 radical (unpaired) electrons. The Hall–Kier alpha value is -1.42. The van der Waals surface area contributed by atoms with Crippen LogP contribution in [-0.2, 0) is 11.2 Å². The zero-order valence-corrected chi connectivity index (χ0v) is 11.6. The van der Waals surface area contributed by atoms with Crippen LogP contribution >= 0.6 is 0 Å². The van der Waals surface area contributed by atoms with Crippen LogP contribution in [0.15, 0.2) is 24.3 Å². The monoisotopic (exact) mass is 264 g/mol. The smallest absolute Gasteiger partial charge is 0.227 e. The minimum Gasteiger partial charge on any atom is -0.340 e. The standard InChI is InChI=1S/C15H21FN2O/c1-12(2)17-7-9-18(10-8-17)15(19)11-13-3-5-14(16)6-4-13/h3-6,12H,7-11H2,1-2H3. The van der Waals surface area contributed by atoms with Gasteiger partial charge in [0.25, 0.3) is 0 Å². The molecule has 0 bridgehead atoms. The van der Waals surface area contributed by atoms with Crippen molar-refractivity contribution in [3.05, 3.63) is 35.6 Å². The quantitative estimate of drug-likeness (QED) is 0.832. The van der Waals surface area contributed by atoms with Crippen molar-refractivity contribution in [1.82, 2.24) is 9.80 Å². The highest BCUT2D eigenvalue weighted by atomic mass is 19.1. The summed E-state index contributed by atoms with van der Waals surface area (Å²) in [5.74, 6) is -0.128. The number of hydrogen-bond donors (Lipinski definition) is 0. The summed E-state index contributed by atoms with van der Waals surface area (Å²) < 4.78 is 12.8. The zero-order valence-electron chi connectivity index (χ0n) is 11.6.